The number of nitrogens with one attached hydrogen (secondary N) is 1. The van der Waals surface area contributed by atoms with Gasteiger partial charge in [0.25, 0.3) is 0 Å². The maximum Gasteiger partial charge on any atom is 0.136 e. The van der Waals surface area contributed by atoms with Crippen LogP contribution in [-0.4, -0.2) is 0 Å². The van der Waals surface area contributed by atoms with Gasteiger partial charge in [0, 0.05) is 0 Å². The molecule has 13 heavy (non-hydrogen) atoms. The van der Waals surface area contributed by atoms with Crippen molar-refractivity contribution in [3.05, 3.63) is 22.6 Å². The molecule has 1 saturated carbocycles. The molecule has 0 bridgehead atoms. The topological polar surface area (TPSA) is 51.2 Å². The number of hydrazine groups is 1. The smallest absolute Gasteiger partial charge is 0.136 e. The maximum absolute atomic E-state index is 5.48. The molecule has 1 heterocycles. The Morgan fingerprint density at radius 2 is 2.46 bits per heavy atom. The van der Waals surface area contributed by atoms with Gasteiger partial charge in [-0.05, 0) is 34.3 Å². The second kappa shape index (κ2) is 3.82. The van der Waals surface area contributed by atoms with Gasteiger partial charge >= 0.3 is 0 Å². The minimum Gasteiger partial charge on any atom is -0.466 e. The number of hydrogen-bond donors (Lipinski definition) is 2. The van der Waals surface area contributed by atoms with Crippen LogP contribution in [0.1, 0.15) is 31.1 Å². The molecule has 1 unspecified atom stereocenters. The van der Waals surface area contributed by atoms with E-state index in [4.69, 9.17) is 10.3 Å². The van der Waals surface area contributed by atoms with Crippen molar-refractivity contribution < 1.29 is 4.42 Å². The van der Waals surface area contributed by atoms with Crippen molar-refractivity contribution in [1.82, 2.24) is 5.43 Å². The molecule has 3 N–H and O–H groups in total. The Morgan fingerprint density at radius 3 is 2.92 bits per heavy atom. The molecule has 0 radical (unpaired) electrons. The molecule has 4 heteroatoms. The van der Waals surface area contributed by atoms with Crippen LogP contribution in [0.3, 0.4) is 0 Å². The summed E-state index contributed by atoms with van der Waals surface area (Å²) in [6, 6.07) is 2.05. The SMILES string of the molecule is NNC(CC1CC1)c1occc1Br. The Kier molecular flexibility index (Phi) is 2.71. The predicted molar refractivity (Wildman–Crippen MR) is 53.8 cm³/mol. The maximum atomic E-state index is 5.48. The summed E-state index contributed by atoms with van der Waals surface area (Å²) in [6.07, 6.45) is 5.41. The average Bonchev–Trinajstić information content (AvgIpc) is 2.85. The molecule has 1 aromatic rings. The van der Waals surface area contributed by atoms with E-state index in [0.29, 0.717) is 0 Å². The molecule has 1 aliphatic carbocycles. The van der Waals surface area contributed by atoms with Crippen molar-refractivity contribution in [2.75, 3.05) is 0 Å². The summed E-state index contributed by atoms with van der Waals surface area (Å²) in [6.45, 7) is 0. The molecule has 1 fully saturated rings. The van der Waals surface area contributed by atoms with E-state index in [-0.39, 0.29) is 6.04 Å². The van der Waals surface area contributed by atoms with E-state index in [1.54, 1.807) is 6.26 Å². The van der Waals surface area contributed by atoms with Crippen LogP contribution >= 0.6 is 15.9 Å². The largest absolute Gasteiger partial charge is 0.466 e. The first-order chi connectivity index (χ1) is 6.31. The molecule has 1 atom stereocenters. The molecule has 0 spiro atoms. The number of halogens is 1. The third-order valence-electron chi connectivity index (χ3n) is 2.43. The van der Waals surface area contributed by atoms with Crippen molar-refractivity contribution >= 4 is 15.9 Å². The summed E-state index contributed by atoms with van der Waals surface area (Å²) in [7, 11) is 0. The first kappa shape index (κ1) is 9.24. The Hall–Kier alpha value is -0.320. The van der Waals surface area contributed by atoms with Crippen molar-refractivity contribution in [3.8, 4) is 0 Å². The van der Waals surface area contributed by atoms with Gasteiger partial charge in [0.15, 0.2) is 0 Å². The summed E-state index contributed by atoms with van der Waals surface area (Å²) in [5.41, 5.74) is 2.79. The fourth-order valence-corrected chi connectivity index (χ4v) is 1.97. The quantitative estimate of drug-likeness (QED) is 0.632. The highest BCUT2D eigenvalue weighted by Crippen LogP contribution is 2.38. The van der Waals surface area contributed by atoms with Gasteiger partial charge in [-0.1, -0.05) is 12.8 Å². The highest BCUT2D eigenvalue weighted by atomic mass is 79.9. The van der Waals surface area contributed by atoms with Crippen LogP contribution in [0.5, 0.6) is 0 Å². The summed E-state index contributed by atoms with van der Waals surface area (Å²) in [4.78, 5) is 0. The molecule has 3 nitrogen and oxygen atoms in total. The van der Waals surface area contributed by atoms with Gasteiger partial charge in [0.2, 0.25) is 0 Å². The second-order valence-corrected chi connectivity index (χ2v) is 4.39. The molecule has 72 valence electrons. The van der Waals surface area contributed by atoms with Crippen molar-refractivity contribution in [1.29, 1.82) is 0 Å². The van der Waals surface area contributed by atoms with E-state index in [1.807, 2.05) is 6.07 Å². The van der Waals surface area contributed by atoms with Gasteiger partial charge in [0.1, 0.15) is 5.76 Å². The lowest BCUT2D eigenvalue weighted by atomic mass is 10.1. The number of furan rings is 1. The van der Waals surface area contributed by atoms with Crippen LogP contribution in [0, 0.1) is 5.92 Å². The Labute approximate surface area is 85.8 Å². The van der Waals surface area contributed by atoms with E-state index >= 15 is 0 Å². The van der Waals surface area contributed by atoms with Crippen molar-refractivity contribution in [2.24, 2.45) is 11.8 Å². The second-order valence-electron chi connectivity index (χ2n) is 3.53. The Bertz CT molecular complexity index is 283. The van der Waals surface area contributed by atoms with Crippen LogP contribution in [0.2, 0.25) is 0 Å². The molecular formula is C9H13BrN2O. The lowest BCUT2D eigenvalue weighted by molar-refractivity contribution is 0.386. The van der Waals surface area contributed by atoms with E-state index in [2.05, 4.69) is 21.4 Å². The Morgan fingerprint density at radius 1 is 1.69 bits per heavy atom. The lowest BCUT2D eigenvalue weighted by Gasteiger charge is -2.12. The van der Waals surface area contributed by atoms with Gasteiger partial charge in [-0.3, -0.25) is 5.84 Å². The summed E-state index contributed by atoms with van der Waals surface area (Å²) < 4.78 is 6.35. The summed E-state index contributed by atoms with van der Waals surface area (Å²) in [5, 5.41) is 0. The molecule has 1 aromatic heterocycles. The first-order valence-electron chi connectivity index (χ1n) is 4.50. The summed E-state index contributed by atoms with van der Waals surface area (Å²) >= 11 is 3.43. The van der Waals surface area contributed by atoms with E-state index in [9.17, 15) is 0 Å². The molecule has 1 aliphatic rings. The fraction of sp³-hybridized carbons (Fsp3) is 0.556. The summed E-state index contributed by atoms with van der Waals surface area (Å²) in [5.74, 6) is 7.22. The number of nitrogens with two attached hydrogens (primary N) is 1. The standard InChI is InChI=1S/C9H13BrN2O/c10-7-3-4-13-9(7)8(12-11)5-6-1-2-6/h3-4,6,8,12H,1-2,5,11H2. The van der Waals surface area contributed by atoms with Crippen LogP contribution < -0.4 is 11.3 Å². The zero-order valence-electron chi connectivity index (χ0n) is 7.29. The molecule has 0 aliphatic heterocycles. The normalized spacial score (nSPS) is 18.9. The van der Waals surface area contributed by atoms with Gasteiger partial charge < -0.3 is 4.42 Å². The molecule has 2 rings (SSSR count). The van der Waals surface area contributed by atoms with Crippen molar-refractivity contribution in [2.45, 2.75) is 25.3 Å². The van der Waals surface area contributed by atoms with E-state index in [1.165, 1.54) is 12.8 Å². The van der Waals surface area contributed by atoms with Gasteiger partial charge in [0.05, 0.1) is 16.8 Å². The minimum atomic E-state index is 0.150. The van der Waals surface area contributed by atoms with E-state index in [0.717, 1.165) is 22.6 Å². The lowest BCUT2D eigenvalue weighted by Crippen LogP contribution is -2.28. The number of rotatable bonds is 4. The molecule has 0 amide bonds. The van der Waals surface area contributed by atoms with Crippen LogP contribution in [0.15, 0.2) is 21.2 Å². The third kappa shape index (κ3) is 2.13. The molecular weight excluding hydrogens is 232 g/mol. The predicted octanol–water partition coefficient (Wildman–Crippen LogP) is 2.35. The van der Waals surface area contributed by atoms with Crippen LogP contribution in [0.4, 0.5) is 0 Å². The van der Waals surface area contributed by atoms with Crippen LogP contribution in [-0.2, 0) is 0 Å². The van der Waals surface area contributed by atoms with Gasteiger partial charge in [-0.25, -0.2) is 5.43 Å². The fourth-order valence-electron chi connectivity index (χ4n) is 1.49. The number of hydrogen-bond acceptors (Lipinski definition) is 3. The minimum absolute atomic E-state index is 0.150. The highest BCUT2D eigenvalue weighted by molar-refractivity contribution is 9.10. The van der Waals surface area contributed by atoms with Gasteiger partial charge in [-0.15, -0.1) is 0 Å². The first-order valence-corrected chi connectivity index (χ1v) is 5.29. The van der Waals surface area contributed by atoms with Crippen LogP contribution in [0.25, 0.3) is 0 Å². The van der Waals surface area contributed by atoms with Crippen molar-refractivity contribution in [3.63, 3.8) is 0 Å². The Balaban J connectivity index is 2.06. The zero-order chi connectivity index (χ0) is 9.26. The highest BCUT2D eigenvalue weighted by Gasteiger charge is 2.27. The average molecular weight is 245 g/mol. The van der Waals surface area contributed by atoms with Gasteiger partial charge in [-0.2, -0.15) is 0 Å². The molecule has 0 saturated heterocycles. The zero-order valence-corrected chi connectivity index (χ0v) is 8.88. The molecule has 0 aromatic carbocycles. The monoisotopic (exact) mass is 244 g/mol. The third-order valence-corrected chi connectivity index (χ3v) is 3.08. The van der Waals surface area contributed by atoms with E-state index < -0.39 is 0 Å².